The van der Waals surface area contributed by atoms with Gasteiger partial charge in [-0.15, -0.1) is 0 Å². The number of rotatable bonds is 3. The number of carbonyl (C=O) groups is 1. The molecule has 17 heavy (non-hydrogen) atoms. The second-order valence-electron chi connectivity index (χ2n) is 3.62. The molecule has 1 unspecified atom stereocenters. The molecule has 88 valence electrons. The molecular formula is C12H13N3O2. The Hall–Kier alpha value is -2.30. The number of amides is 2. The van der Waals surface area contributed by atoms with Gasteiger partial charge >= 0.3 is 6.03 Å². The van der Waals surface area contributed by atoms with Gasteiger partial charge in [-0.1, -0.05) is 35.5 Å². The van der Waals surface area contributed by atoms with Gasteiger partial charge in [0.2, 0.25) is 0 Å². The van der Waals surface area contributed by atoms with E-state index in [2.05, 4.69) is 20.3 Å². The summed E-state index contributed by atoms with van der Waals surface area (Å²) in [6.07, 6.45) is 1.40. The van der Waals surface area contributed by atoms with Crippen molar-refractivity contribution in [1.82, 2.24) is 10.5 Å². The first-order valence-corrected chi connectivity index (χ1v) is 5.28. The Morgan fingerprint density at radius 3 is 2.71 bits per heavy atom. The molecule has 1 heterocycles. The number of nitrogens with zero attached hydrogens (tertiary/aromatic N) is 1. The zero-order valence-corrected chi connectivity index (χ0v) is 9.38. The average molecular weight is 231 g/mol. The van der Waals surface area contributed by atoms with Crippen LogP contribution in [0.15, 0.2) is 47.2 Å². The summed E-state index contributed by atoms with van der Waals surface area (Å²) in [5, 5.41) is 8.96. The summed E-state index contributed by atoms with van der Waals surface area (Å²) in [7, 11) is 0. The van der Waals surface area contributed by atoms with E-state index in [-0.39, 0.29) is 12.1 Å². The fourth-order valence-electron chi connectivity index (χ4n) is 1.45. The number of nitrogens with one attached hydrogen (secondary N) is 2. The number of hydrogen-bond acceptors (Lipinski definition) is 3. The molecule has 2 rings (SSSR count). The molecular weight excluding hydrogens is 218 g/mol. The molecule has 0 aliphatic heterocycles. The van der Waals surface area contributed by atoms with Crippen molar-refractivity contribution in [2.45, 2.75) is 13.0 Å². The van der Waals surface area contributed by atoms with Crippen molar-refractivity contribution in [3.8, 4) is 0 Å². The largest absolute Gasteiger partial charge is 0.363 e. The fourth-order valence-corrected chi connectivity index (χ4v) is 1.45. The maximum Gasteiger partial charge on any atom is 0.320 e. The van der Waals surface area contributed by atoms with E-state index < -0.39 is 0 Å². The molecule has 2 N–H and O–H groups in total. The molecule has 0 radical (unpaired) electrons. The van der Waals surface area contributed by atoms with Gasteiger partial charge < -0.3 is 9.84 Å². The Kier molecular flexibility index (Phi) is 3.40. The van der Waals surface area contributed by atoms with Crippen LogP contribution in [-0.4, -0.2) is 11.2 Å². The molecule has 0 fully saturated rings. The number of anilines is 1. The van der Waals surface area contributed by atoms with E-state index in [1.807, 2.05) is 37.3 Å². The van der Waals surface area contributed by atoms with Crippen LogP contribution in [0.3, 0.4) is 0 Å². The zero-order valence-electron chi connectivity index (χ0n) is 9.38. The number of hydrogen-bond donors (Lipinski definition) is 2. The lowest BCUT2D eigenvalue weighted by molar-refractivity contribution is 0.249. The quantitative estimate of drug-likeness (QED) is 0.853. The first-order chi connectivity index (χ1) is 8.25. The van der Waals surface area contributed by atoms with Crippen LogP contribution >= 0.6 is 0 Å². The van der Waals surface area contributed by atoms with Crippen molar-refractivity contribution in [2.75, 3.05) is 5.32 Å². The highest BCUT2D eigenvalue weighted by atomic mass is 16.5. The standard InChI is InChI=1S/C12H13N3O2/c1-9(10-5-3-2-4-6-10)13-12(16)14-11-7-8-17-15-11/h2-9H,1H3,(H2,13,14,15,16). The number of carbonyl (C=O) groups excluding carboxylic acids is 1. The third kappa shape index (κ3) is 3.07. The third-order valence-corrected chi connectivity index (χ3v) is 2.33. The molecule has 2 aromatic rings. The normalized spacial score (nSPS) is 11.8. The second-order valence-corrected chi connectivity index (χ2v) is 3.62. The van der Waals surface area contributed by atoms with Gasteiger partial charge in [0.1, 0.15) is 6.26 Å². The minimum atomic E-state index is -0.310. The molecule has 2 amide bonds. The van der Waals surface area contributed by atoms with Crippen molar-refractivity contribution < 1.29 is 9.32 Å². The molecule has 5 nitrogen and oxygen atoms in total. The summed E-state index contributed by atoms with van der Waals surface area (Å²) < 4.78 is 4.61. The molecule has 0 aliphatic rings. The lowest BCUT2D eigenvalue weighted by Crippen LogP contribution is -2.31. The molecule has 5 heteroatoms. The maximum absolute atomic E-state index is 11.6. The Labute approximate surface area is 98.8 Å². The Morgan fingerprint density at radius 1 is 1.29 bits per heavy atom. The van der Waals surface area contributed by atoms with Crippen LogP contribution in [0.5, 0.6) is 0 Å². The maximum atomic E-state index is 11.6. The first-order valence-electron chi connectivity index (χ1n) is 5.28. The topological polar surface area (TPSA) is 67.2 Å². The van der Waals surface area contributed by atoms with Crippen LogP contribution in [0.2, 0.25) is 0 Å². The minimum absolute atomic E-state index is 0.0666. The Balaban J connectivity index is 1.91. The SMILES string of the molecule is CC(NC(=O)Nc1ccon1)c1ccccc1. The van der Waals surface area contributed by atoms with E-state index in [1.165, 1.54) is 6.26 Å². The van der Waals surface area contributed by atoms with Crippen molar-refractivity contribution in [2.24, 2.45) is 0 Å². The molecule has 0 bridgehead atoms. The summed E-state index contributed by atoms with van der Waals surface area (Å²) in [4.78, 5) is 11.6. The average Bonchev–Trinajstić information content (AvgIpc) is 2.82. The lowest BCUT2D eigenvalue weighted by atomic mass is 10.1. The van der Waals surface area contributed by atoms with E-state index in [9.17, 15) is 4.79 Å². The van der Waals surface area contributed by atoms with Gasteiger partial charge in [-0.05, 0) is 12.5 Å². The lowest BCUT2D eigenvalue weighted by Gasteiger charge is -2.13. The predicted octanol–water partition coefficient (Wildman–Crippen LogP) is 2.56. The smallest absolute Gasteiger partial charge is 0.320 e. The third-order valence-electron chi connectivity index (χ3n) is 2.33. The molecule has 0 saturated carbocycles. The van der Waals surface area contributed by atoms with E-state index in [0.29, 0.717) is 5.82 Å². The van der Waals surface area contributed by atoms with Gasteiger partial charge in [-0.3, -0.25) is 5.32 Å². The Bertz CT molecular complexity index is 468. The van der Waals surface area contributed by atoms with Crippen LogP contribution in [-0.2, 0) is 0 Å². The van der Waals surface area contributed by atoms with Crippen molar-refractivity contribution in [1.29, 1.82) is 0 Å². The van der Waals surface area contributed by atoms with Gasteiger partial charge in [-0.25, -0.2) is 4.79 Å². The van der Waals surface area contributed by atoms with Crippen LogP contribution in [0, 0.1) is 0 Å². The van der Waals surface area contributed by atoms with E-state index in [1.54, 1.807) is 6.07 Å². The van der Waals surface area contributed by atoms with E-state index in [0.717, 1.165) is 5.56 Å². The molecule has 1 aromatic heterocycles. The van der Waals surface area contributed by atoms with Crippen molar-refractivity contribution in [3.63, 3.8) is 0 Å². The predicted molar refractivity (Wildman–Crippen MR) is 63.5 cm³/mol. The van der Waals surface area contributed by atoms with Gasteiger partial charge in [0, 0.05) is 6.07 Å². The number of benzene rings is 1. The summed E-state index contributed by atoms with van der Waals surface area (Å²) in [5.74, 6) is 0.391. The summed E-state index contributed by atoms with van der Waals surface area (Å²) in [6.45, 7) is 1.91. The summed E-state index contributed by atoms with van der Waals surface area (Å²) in [5.41, 5.74) is 1.04. The zero-order chi connectivity index (χ0) is 12.1. The fraction of sp³-hybridized carbons (Fsp3) is 0.167. The molecule has 1 atom stereocenters. The molecule has 0 saturated heterocycles. The first kappa shape index (κ1) is 11.2. The molecule has 1 aromatic carbocycles. The second kappa shape index (κ2) is 5.16. The van der Waals surface area contributed by atoms with Crippen LogP contribution in [0.25, 0.3) is 0 Å². The van der Waals surface area contributed by atoms with Crippen LogP contribution in [0.1, 0.15) is 18.5 Å². The monoisotopic (exact) mass is 231 g/mol. The van der Waals surface area contributed by atoms with Gasteiger partial charge in [0.05, 0.1) is 6.04 Å². The van der Waals surface area contributed by atoms with E-state index in [4.69, 9.17) is 0 Å². The highest BCUT2D eigenvalue weighted by Crippen LogP contribution is 2.11. The summed E-state index contributed by atoms with van der Waals surface area (Å²) >= 11 is 0. The molecule has 0 spiro atoms. The number of urea groups is 1. The van der Waals surface area contributed by atoms with Crippen molar-refractivity contribution >= 4 is 11.8 Å². The van der Waals surface area contributed by atoms with Gasteiger partial charge in [0.15, 0.2) is 5.82 Å². The van der Waals surface area contributed by atoms with Gasteiger partial charge in [0.25, 0.3) is 0 Å². The van der Waals surface area contributed by atoms with Gasteiger partial charge in [-0.2, -0.15) is 0 Å². The minimum Gasteiger partial charge on any atom is -0.363 e. The van der Waals surface area contributed by atoms with Crippen LogP contribution in [0.4, 0.5) is 10.6 Å². The Morgan fingerprint density at radius 2 is 2.06 bits per heavy atom. The summed E-state index contributed by atoms with van der Waals surface area (Å²) in [6, 6.07) is 10.9. The highest BCUT2D eigenvalue weighted by Gasteiger charge is 2.09. The van der Waals surface area contributed by atoms with Crippen molar-refractivity contribution in [3.05, 3.63) is 48.2 Å². The number of aromatic nitrogens is 1. The highest BCUT2D eigenvalue weighted by molar-refractivity contribution is 5.88. The van der Waals surface area contributed by atoms with Crippen LogP contribution < -0.4 is 10.6 Å². The molecule has 0 aliphatic carbocycles. The van der Waals surface area contributed by atoms with E-state index >= 15 is 0 Å².